The van der Waals surface area contributed by atoms with Crippen LogP contribution in [0.25, 0.3) is 0 Å². The number of thiazole rings is 1. The molecule has 108 valence electrons. The van der Waals surface area contributed by atoms with E-state index in [1.54, 1.807) is 12.1 Å². The van der Waals surface area contributed by atoms with Gasteiger partial charge in [0.1, 0.15) is 11.9 Å². The number of furan rings is 1. The lowest BCUT2D eigenvalue weighted by Crippen LogP contribution is -2.37. The molecule has 0 spiro atoms. The molecular weight excluding hydrogens is 278 g/mol. The summed E-state index contributed by atoms with van der Waals surface area (Å²) in [6.07, 6.45) is 1.15. The maximum atomic E-state index is 11.7. The summed E-state index contributed by atoms with van der Waals surface area (Å²) in [5.74, 6) is 0.495. The number of aryl methyl sites for hydroxylation is 1. The average molecular weight is 295 g/mol. The van der Waals surface area contributed by atoms with Crippen LogP contribution in [-0.2, 0) is 0 Å². The summed E-state index contributed by atoms with van der Waals surface area (Å²) in [4.78, 5) is 15.9. The standard InChI is InChI=1S/C13H17N3O3S/c1-8(6-10(17)11-4-3-5-19-11)14-12(18)16-13-15-9(2)7-20-13/h3-5,7-8,10,17H,6H2,1-2H3,(H2,14,15,16,18). The zero-order valence-electron chi connectivity index (χ0n) is 11.3. The molecule has 2 aromatic heterocycles. The first kappa shape index (κ1) is 14.5. The molecule has 20 heavy (non-hydrogen) atoms. The lowest BCUT2D eigenvalue weighted by Gasteiger charge is -2.16. The van der Waals surface area contributed by atoms with Crippen LogP contribution >= 0.6 is 11.3 Å². The van der Waals surface area contributed by atoms with Crippen molar-refractivity contribution in [3.05, 3.63) is 35.2 Å². The van der Waals surface area contributed by atoms with Gasteiger partial charge in [-0.1, -0.05) is 0 Å². The number of aliphatic hydroxyl groups excluding tert-OH is 1. The summed E-state index contributed by atoms with van der Waals surface area (Å²) in [5, 5.41) is 17.7. The Hall–Kier alpha value is -1.86. The van der Waals surface area contributed by atoms with E-state index in [1.165, 1.54) is 17.6 Å². The smallest absolute Gasteiger partial charge is 0.321 e. The zero-order chi connectivity index (χ0) is 14.5. The number of aliphatic hydroxyl groups is 1. The molecule has 0 radical (unpaired) electrons. The van der Waals surface area contributed by atoms with Crippen LogP contribution in [0.3, 0.4) is 0 Å². The lowest BCUT2D eigenvalue weighted by atomic mass is 10.1. The minimum atomic E-state index is -0.734. The number of urea groups is 1. The molecule has 2 heterocycles. The van der Waals surface area contributed by atoms with Gasteiger partial charge in [-0.25, -0.2) is 9.78 Å². The van der Waals surface area contributed by atoms with Crippen LogP contribution in [0.1, 0.15) is 30.9 Å². The second-order valence-corrected chi connectivity index (χ2v) is 5.42. The summed E-state index contributed by atoms with van der Waals surface area (Å²) in [7, 11) is 0. The Kier molecular flexibility index (Phi) is 4.75. The molecule has 6 nitrogen and oxygen atoms in total. The number of carbonyl (C=O) groups is 1. The largest absolute Gasteiger partial charge is 0.467 e. The quantitative estimate of drug-likeness (QED) is 0.791. The Morgan fingerprint density at radius 2 is 2.40 bits per heavy atom. The van der Waals surface area contributed by atoms with Crippen molar-refractivity contribution < 1.29 is 14.3 Å². The monoisotopic (exact) mass is 295 g/mol. The van der Waals surface area contributed by atoms with Gasteiger partial charge in [-0.2, -0.15) is 0 Å². The van der Waals surface area contributed by atoms with Gasteiger partial charge in [0, 0.05) is 17.8 Å². The Balaban J connectivity index is 1.79. The highest BCUT2D eigenvalue weighted by Crippen LogP contribution is 2.18. The molecule has 0 bridgehead atoms. The topological polar surface area (TPSA) is 87.4 Å². The molecule has 3 N–H and O–H groups in total. The fourth-order valence-electron chi connectivity index (χ4n) is 1.76. The highest BCUT2D eigenvalue weighted by molar-refractivity contribution is 7.13. The number of nitrogens with zero attached hydrogens (tertiary/aromatic N) is 1. The molecule has 0 aliphatic rings. The Morgan fingerprint density at radius 3 is 3.00 bits per heavy atom. The predicted octanol–water partition coefficient (Wildman–Crippen LogP) is 2.68. The van der Waals surface area contributed by atoms with Crippen LogP contribution < -0.4 is 10.6 Å². The molecule has 0 aliphatic heterocycles. The Bertz CT molecular complexity index is 553. The molecule has 0 saturated heterocycles. The normalized spacial score (nSPS) is 13.8. The van der Waals surface area contributed by atoms with Crippen molar-refractivity contribution in [3.63, 3.8) is 0 Å². The molecule has 2 aromatic rings. The van der Waals surface area contributed by atoms with Crippen LogP contribution in [0.2, 0.25) is 0 Å². The number of carbonyl (C=O) groups excluding carboxylic acids is 1. The summed E-state index contributed by atoms with van der Waals surface area (Å²) < 4.78 is 5.11. The van der Waals surface area contributed by atoms with Crippen molar-refractivity contribution in [2.75, 3.05) is 5.32 Å². The number of amides is 2. The van der Waals surface area contributed by atoms with Crippen molar-refractivity contribution in [2.24, 2.45) is 0 Å². The number of hydrogen-bond acceptors (Lipinski definition) is 5. The molecule has 0 aromatic carbocycles. The first-order chi connectivity index (χ1) is 9.54. The molecule has 0 aliphatic carbocycles. The first-order valence-electron chi connectivity index (χ1n) is 6.25. The van der Waals surface area contributed by atoms with E-state index in [0.717, 1.165) is 5.69 Å². The highest BCUT2D eigenvalue weighted by Gasteiger charge is 2.16. The van der Waals surface area contributed by atoms with Gasteiger partial charge >= 0.3 is 6.03 Å². The molecule has 0 fully saturated rings. The van der Waals surface area contributed by atoms with E-state index >= 15 is 0 Å². The summed E-state index contributed by atoms with van der Waals surface area (Å²) in [6.45, 7) is 3.68. The van der Waals surface area contributed by atoms with Crippen LogP contribution in [0.15, 0.2) is 28.2 Å². The zero-order valence-corrected chi connectivity index (χ0v) is 12.1. The average Bonchev–Trinajstić information content (AvgIpc) is 3.00. The van der Waals surface area contributed by atoms with E-state index in [0.29, 0.717) is 17.3 Å². The number of hydrogen-bond donors (Lipinski definition) is 3. The predicted molar refractivity (Wildman–Crippen MR) is 76.8 cm³/mol. The van der Waals surface area contributed by atoms with Gasteiger partial charge < -0.3 is 14.8 Å². The fourth-order valence-corrected chi connectivity index (χ4v) is 2.44. The maximum absolute atomic E-state index is 11.7. The number of anilines is 1. The van der Waals surface area contributed by atoms with E-state index in [9.17, 15) is 9.90 Å². The SMILES string of the molecule is Cc1csc(NC(=O)NC(C)CC(O)c2ccco2)n1. The van der Waals surface area contributed by atoms with Crippen molar-refractivity contribution in [1.82, 2.24) is 10.3 Å². The Labute approximate surface area is 120 Å². The van der Waals surface area contributed by atoms with Gasteiger partial charge in [-0.15, -0.1) is 11.3 Å². The molecule has 2 unspecified atom stereocenters. The van der Waals surface area contributed by atoms with Crippen LogP contribution in [0.4, 0.5) is 9.93 Å². The van der Waals surface area contributed by atoms with Crippen molar-refractivity contribution in [1.29, 1.82) is 0 Å². The van der Waals surface area contributed by atoms with Gasteiger partial charge in [0.05, 0.1) is 12.0 Å². The van der Waals surface area contributed by atoms with Crippen LogP contribution in [-0.4, -0.2) is 22.2 Å². The number of aromatic nitrogens is 1. The molecule has 0 saturated carbocycles. The van der Waals surface area contributed by atoms with Gasteiger partial charge in [0.25, 0.3) is 0 Å². The number of rotatable bonds is 5. The maximum Gasteiger partial charge on any atom is 0.321 e. The number of nitrogens with one attached hydrogen (secondary N) is 2. The second-order valence-electron chi connectivity index (χ2n) is 4.56. The highest BCUT2D eigenvalue weighted by atomic mass is 32.1. The summed E-state index contributed by atoms with van der Waals surface area (Å²) >= 11 is 1.37. The Morgan fingerprint density at radius 1 is 1.60 bits per heavy atom. The van der Waals surface area contributed by atoms with Crippen molar-refractivity contribution >= 4 is 22.5 Å². The third-order valence-corrected chi connectivity index (χ3v) is 3.54. The van der Waals surface area contributed by atoms with Crippen LogP contribution in [0, 0.1) is 6.92 Å². The van der Waals surface area contributed by atoms with E-state index in [-0.39, 0.29) is 12.1 Å². The van der Waals surface area contributed by atoms with Gasteiger partial charge in [-0.3, -0.25) is 5.32 Å². The molecule has 2 atom stereocenters. The minimum Gasteiger partial charge on any atom is -0.467 e. The van der Waals surface area contributed by atoms with Gasteiger partial charge in [0.15, 0.2) is 5.13 Å². The van der Waals surface area contributed by atoms with E-state index in [1.807, 2.05) is 19.2 Å². The van der Waals surface area contributed by atoms with Crippen molar-refractivity contribution in [3.8, 4) is 0 Å². The van der Waals surface area contributed by atoms with E-state index < -0.39 is 6.10 Å². The van der Waals surface area contributed by atoms with E-state index in [4.69, 9.17) is 4.42 Å². The van der Waals surface area contributed by atoms with E-state index in [2.05, 4.69) is 15.6 Å². The fraction of sp³-hybridized carbons (Fsp3) is 0.385. The van der Waals surface area contributed by atoms with Crippen molar-refractivity contribution in [2.45, 2.75) is 32.4 Å². The summed E-state index contributed by atoms with van der Waals surface area (Å²) in [5.41, 5.74) is 0.867. The van der Waals surface area contributed by atoms with Crippen LogP contribution in [0.5, 0.6) is 0 Å². The minimum absolute atomic E-state index is 0.198. The molecule has 7 heteroatoms. The lowest BCUT2D eigenvalue weighted by molar-refractivity contribution is 0.130. The van der Waals surface area contributed by atoms with Gasteiger partial charge in [0.2, 0.25) is 0 Å². The molecular formula is C13H17N3O3S. The van der Waals surface area contributed by atoms with Gasteiger partial charge in [-0.05, 0) is 26.0 Å². The first-order valence-corrected chi connectivity index (χ1v) is 7.13. The third kappa shape index (κ3) is 4.07. The second kappa shape index (κ2) is 6.53. The molecule has 2 amide bonds. The summed E-state index contributed by atoms with van der Waals surface area (Å²) in [6, 6.07) is 2.89. The molecule has 2 rings (SSSR count). The third-order valence-electron chi connectivity index (χ3n) is 2.67.